The summed E-state index contributed by atoms with van der Waals surface area (Å²) in [4.78, 5) is 0. The second-order valence-electron chi connectivity index (χ2n) is 5.61. The first-order chi connectivity index (χ1) is 7.21. The third-order valence-corrected chi connectivity index (χ3v) is 4.05. The number of hydrogen-bond acceptors (Lipinski definition) is 1. The third kappa shape index (κ3) is 4.55. The zero-order chi connectivity index (χ0) is 11.1. The Morgan fingerprint density at radius 2 is 1.73 bits per heavy atom. The van der Waals surface area contributed by atoms with Crippen molar-refractivity contribution < 1.29 is 0 Å². The van der Waals surface area contributed by atoms with Crippen LogP contribution in [0, 0.1) is 11.3 Å². The zero-order valence-corrected chi connectivity index (χ0v) is 10.9. The first kappa shape index (κ1) is 13.0. The summed E-state index contributed by atoms with van der Waals surface area (Å²) >= 11 is 0. The Hall–Kier alpha value is -0.0400. The van der Waals surface area contributed by atoms with Crippen LogP contribution >= 0.6 is 0 Å². The fraction of sp³-hybridized carbons (Fsp3) is 1.00. The first-order valence-corrected chi connectivity index (χ1v) is 6.92. The molecule has 0 bridgehead atoms. The van der Waals surface area contributed by atoms with Crippen LogP contribution in [-0.2, 0) is 0 Å². The molecule has 1 fully saturated rings. The standard InChI is InChI=1S/C14H29N/c1-4-5-6-7-8-11-15-12-14(9-10-14)13(2)3/h13,15H,4-12H2,1-3H3. The predicted molar refractivity (Wildman–Crippen MR) is 68.1 cm³/mol. The van der Waals surface area contributed by atoms with E-state index in [1.165, 1.54) is 58.0 Å². The van der Waals surface area contributed by atoms with Gasteiger partial charge in [0.1, 0.15) is 0 Å². The highest BCUT2D eigenvalue weighted by atomic mass is 14.9. The Balaban J connectivity index is 1.89. The van der Waals surface area contributed by atoms with E-state index in [1.54, 1.807) is 0 Å². The van der Waals surface area contributed by atoms with E-state index in [4.69, 9.17) is 0 Å². The fourth-order valence-electron chi connectivity index (χ4n) is 2.31. The average molecular weight is 211 g/mol. The predicted octanol–water partition coefficient (Wildman–Crippen LogP) is 3.98. The molecule has 1 aliphatic carbocycles. The van der Waals surface area contributed by atoms with E-state index in [0.29, 0.717) is 5.41 Å². The molecule has 0 spiro atoms. The van der Waals surface area contributed by atoms with Crippen LogP contribution in [-0.4, -0.2) is 13.1 Å². The van der Waals surface area contributed by atoms with Crippen LogP contribution in [0.5, 0.6) is 0 Å². The van der Waals surface area contributed by atoms with Gasteiger partial charge >= 0.3 is 0 Å². The summed E-state index contributed by atoms with van der Waals surface area (Å²) in [6.07, 6.45) is 9.87. The summed E-state index contributed by atoms with van der Waals surface area (Å²) < 4.78 is 0. The number of nitrogens with one attached hydrogen (secondary N) is 1. The lowest BCUT2D eigenvalue weighted by molar-refractivity contribution is 0.337. The monoisotopic (exact) mass is 211 g/mol. The molecule has 1 heteroatoms. The van der Waals surface area contributed by atoms with Gasteiger partial charge in [0, 0.05) is 6.54 Å². The lowest BCUT2D eigenvalue weighted by Crippen LogP contribution is -2.28. The second-order valence-corrected chi connectivity index (χ2v) is 5.61. The second kappa shape index (κ2) is 6.52. The van der Waals surface area contributed by atoms with Crippen LogP contribution in [0.1, 0.15) is 65.7 Å². The van der Waals surface area contributed by atoms with Crippen molar-refractivity contribution >= 4 is 0 Å². The maximum atomic E-state index is 3.65. The maximum absolute atomic E-state index is 3.65. The largest absolute Gasteiger partial charge is 0.316 e. The normalized spacial score (nSPS) is 18.4. The minimum atomic E-state index is 0.684. The van der Waals surface area contributed by atoms with Crippen LogP contribution in [0.15, 0.2) is 0 Å². The van der Waals surface area contributed by atoms with Gasteiger partial charge in [-0.05, 0) is 37.1 Å². The van der Waals surface area contributed by atoms with E-state index >= 15 is 0 Å². The van der Waals surface area contributed by atoms with Crippen molar-refractivity contribution in [1.29, 1.82) is 0 Å². The van der Waals surface area contributed by atoms with Crippen molar-refractivity contribution in [1.82, 2.24) is 5.32 Å². The minimum Gasteiger partial charge on any atom is -0.316 e. The number of unbranched alkanes of at least 4 members (excludes halogenated alkanes) is 4. The number of rotatable bonds is 9. The van der Waals surface area contributed by atoms with E-state index in [1.807, 2.05) is 0 Å². The van der Waals surface area contributed by atoms with Gasteiger partial charge in [0.2, 0.25) is 0 Å². The maximum Gasteiger partial charge on any atom is 0.00103 e. The quantitative estimate of drug-likeness (QED) is 0.569. The van der Waals surface area contributed by atoms with E-state index in [2.05, 4.69) is 26.1 Å². The van der Waals surface area contributed by atoms with Gasteiger partial charge in [-0.1, -0.05) is 46.5 Å². The van der Waals surface area contributed by atoms with Crippen LogP contribution in [0.3, 0.4) is 0 Å². The first-order valence-electron chi connectivity index (χ1n) is 6.92. The molecule has 0 aliphatic heterocycles. The summed E-state index contributed by atoms with van der Waals surface area (Å²) in [7, 11) is 0. The van der Waals surface area contributed by atoms with E-state index in [0.717, 1.165) is 5.92 Å². The van der Waals surface area contributed by atoms with Gasteiger partial charge in [-0.2, -0.15) is 0 Å². The number of hydrogen-bond donors (Lipinski definition) is 1. The summed E-state index contributed by atoms with van der Waals surface area (Å²) in [6.45, 7) is 9.51. The Kier molecular flexibility index (Phi) is 5.66. The molecular weight excluding hydrogens is 182 g/mol. The molecule has 15 heavy (non-hydrogen) atoms. The molecule has 0 amide bonds. The molecule has 90 valence electrons. The van der Waals surface area contributed by atoms with Crippen molar-refractivity contribution in [3.8, 4) is 0 Å². The van der Waals surface area contributed by atoms with Gasteiger partial charge in [0.25, 0.3) is 0 Å². The molecule has 0 aromatic rings. The van der Waals surface area contributed by atoms with E-state index in [-0.39, 0.29) is 0 Å². The fourth-order valence-corrected chi connectivity index (χ4v) is 2.31. The lowest BCUT2D eigenvalue weighted by Gasteiger charge is -2.20. The van der Waals surface area contributed by atoms with Gasteiger partial charge in [-0.25, -0.2) is 0 Å². The minimum absolute atomic E-state index is 0.684. The molecule has 1 N–H and O–H groups in total. The van der Waals surface area contributed by atoms with Crippen molar-refractivity contribution in [2.24, 2.45) is 11.3 Å². The summed E-state index contributed by atoms with van der Waals surface area (Å²) in [5.74, 6) is 0.866. The highest BCUT2D eigenvalue weighted by molar-refractivity contribution is 4.96. The third-order valence-electron chi connectivity index (χ3n) is 4.05. The topological polar surface area (TPSA) is 12.0 Å². The Bertz CT molecular complexity index is 159. The van der Waals surface area contributed by atoms with Crippen molar-refractivity contribution in [2.45, 2.75) is 65.7 Å². The average Bonchev–Trinajstić information content (AvgIpc) is 2.98. The van der Waals surface area contributed by atoms with Crippen molar-refractivity contribution in [3.63, 3.8) is 0 Å². The van der Waals surface area contributed by atoms with Crippen LogP contribution in [0.25, 0.3) is 0 Å². The van der Waals surface area contributed by atoms with Crippen LogP contribution in [0.4, 0.5) is 0 Å². The van der Waals surface area contributed by atoms with Crippen LogP contribution in [0.2, 0.25) is 0 Å². The Morgan fingerprint density at radius 3 is 2.27 bits per heavy atom. The molecule has 1 aliphatic rings. The molecule has 0 aromatic heterocycles. The van der Waals surface area contributed by atoms with Gasteiger partial charge in [0.15, 0.2) is 0 Å². The Labute approximate surface area is 96.0 Å². The van der Waals surface area contributed by atoms with Gasteiger partial charge in [0.05, 0.1) is 0 Å². The van der Waals surface area contributed by atoms with Gasteiger partial charge in [-0.3, -0.25) is 0 Å². The molecule has 0 radical (unpaired) electrons. The molecular formula is C14H29N. The molecule has 0 aromatic carbocycles. The molecule has 1 saturated carbocycles. The molecule has 0 heterocycles. The summed E-state index contributed by atoms with van der Waals surface area (Å²) in [6, 6.07) is 0. The summed E-state index contributed by atoms with van der Waals surface area (Å²) in [5.41, 5.74) is 0.684. The highest BCUT2D eigenvalue weighted by Crippen LogP contribution is 2.51. The van der Waals surface area contributed by atoms with E-state index in [9.17, 15) is 0 Å². The van der Waals surface area contributed by atoms with Crippen molar-refractivity contribution in [2.75, 3.05) is 13.1 Å². The van der Waals surface area contributed by atoms with E-state index < -0.39 is 0 Å². The zero-order valence-electron chi connectivity index (χ0n) is 10.9. The highest BCUT2D eigenvalue weighted by Gasteiger charge is 2.44. The molecule has 0 unspecified atom stereocenters. The van der Waals surface area contributed by atoms with Gasteiger partial charge < -0.3 is 5.32 Å². The van der Waals surface area contributed by atoms with Crippen molar-refractivity contribution in [3.05, 3.63) is 0 Å². The molecule has 1 rings (SSSR count). The smallest absolute Gasteiger partial charge is 0.00103 e. The van der Waals surface area contributed by atoms with Crippen LogP contribution < -0.4 is 5.32 Å². The van der Waals surface area contributed by atoms with Gasteiger partial charge in [-0.15, -0.1) is 0 Å². The molecule has 0 atom stereocenters. The Morgan fingerprint density at radius 1 is 1.07 bits per heavy atom. The lowest BCUT2D eigenvalue weighted by atomic mass is 9.92. The molecule has 0 saturated heterocycles. The SMILES string of the molecule is CCCCCCCNCC1(C(C)C)CC1. The molecule has 1 nitrogen and oxygen atoms in total. The summed E-state index contributed by atoms with van der Waals surface area (Å²) in [5, 5.41) is 3.65.